The number of amides is 1. The van der Waals surface area contributed by atoms with Gasteiger partial charge >= 0.3 is 0 Å². The molecule has 136 valence electrons. The normalized spacial score (nSPS) is 23.3. The Kier molecular flexibility index (Phi) is 5.11. The van der Waals surface area contributed by atoms with Crippen LogP contribution in [-0.2, 0) is 4.79 Å². The third kappa shape index (κ3) is 3.70. The van der Waals surface area contributed by atoms with Crippen LogP contribution in [0, 0.1) is 0 Å². The zero-order chi connectivity index (χ0) is 17.9. The number of benzene rings is 2. The van der Waals surface area contributed by atoms with Crippen molar-refractivity contribution in [2.24, 2.45) is 0 Å². The first-order chi connectivity index (χ1) is 12.7. The van der Waals surface area contributed by atoms with Crippen molar-refractivity contribution >= 4 is 23.2 Å². The number of anilines is 1. The minimum atomic E-state index is -0.165. The predicted molar refractivity (Wildman–Crippen MR) is 104 cm³/mol. The van der Waals surface area contributed by atoms with Gasteiger partial charge in [-0.3, -0.25) is 4.79 Å². The second-order valence-electron chi connectivity index (χ2n) is 6.83. The molecular formula is C20H23ClN4O. The van der Waals surface area contributed by atoms with Crippen LogP contribution in [0.5, 0.6) is 0 Å². The smallest absolute Gasteiger partial charge is 0.241 e. The molecule has 2 aromatic rings. The van der Waals surface area contributed by atoms with Crippen LogP contribution in [0.1, 0.15) is 18.0 Å². The van der Waals surface area contributed by atoms with Crippen LogP contribution in [0.15, 0.2) is 54.6 Å². The summed E-state index contributed by atoms with van der Waals surface area (Å²) in [4.78, 5) is 17.1. The lowest BCUT2D eigenvalue weighted by Gasteiger charge is -2.37. The molecule has 0 aromatic heterocycles. The van der Waals surface area contributed by atoms with Crippen molar-refractivity contribution in [3.8, 4) is 0 Å². The second-order valence-corrected chi connectivity index (χ2v) is 7.27. The number of carbonyl (C=O) groups excluding carboxylic acids is 1. The maximum Gasteiger partial charge on any atom is 0.241 e. The fourth-order valence-corrected chi connectivity index (χ4v) is 3.81. The number of hydrazine groups is 1. The molecule has 2 aliphatic rings. The lowest BCUT2D eigenvalue weighted by Crippen LogP contribution is -2.53. The molecule has 2 aromatic carbocycles. The van der Waals surface area contributed by atoms with Gasteiger partial charge in [0.25, 0.3) is 0 Å². The van der Waals surface area contributed by atoms with Crippen LogP contribution < -0.4 is 15.8 Å². The van der Waals surface area contributed by atoms with Crippen molar-refractivity contribution in [3.63, 3.8) is 0 Å². The monoisotopic (exact) mass is 370 g/mol. The Morgan fingerprint density at radius 2 is 1.62 bits per heavy atom. The van der Waals surface area contributed by atoms with Crippen molar-refractivity contribution in [2.45, 2.75) is 18.5 Å². The van der Waals surface area contributed by atoms with E-state index in [0.29, 0.717) is 0 Å². The van der Waals surface area contributed by atoms with E-state index in [9.17, 15) is 4.79 Å². The van der Waals surface area contributed by atoms with Gasteiger partial charge in [0.05, 0.1) is 0 Å². The van der Waals surface area contributed by atoms with E-state index in [0.717, 1.165) is 43.3 Å². The number of hydrogen-bond acceptors (Lipinski definition) is 4. The molecule has 0 radical (unpaired) electrons. The van der Waals surface area contributed by atoms with Crippen LogP contribution >= 0.6 is 11.6 Å². The van der Waals surface area contributed by atoms with Gasteiger partial charge in [-0.05, 0) is 36.2 Å². The zero-order valence-electron chi connectivity index (χ0n) is 14.6. The number of rotatable bonds is 3. The summed E-state index contributed by atoms with van der Waals surface area (Å²) < 4.78 is 0. The summed E-state index contributed by atoms with van der Waals surface area (Å²) in [5.41, 5.74) is 8.81. The first-order valence-corrected chi connectivity index (χ1v) is 9.44. The Hall–Kier alpha value is -2.08. The minimum absolute atomic E-state index is 0.165. The first kappa shape index (κ1) is 17.3. The molecule has 0 aliphatic carbocycles. The number of hydrogen-bond donors (Lipinski definition) is 2. The molecule has 2 saturated heterocycles. The molecule has 2 aliphatic heterocycles. The number of nitrogens with zero attached hydrogens (tertiary/aromatic N) is 2. The van der Waals surface area contributed by atoms with Crippen LogP contribution in [0.4, 0.5) is 5.69 Å². The highest BCUT2D eigenvalue weighted by molar-refractivity contribution is 6.30. The van der Waals surface area contributed by atoms with Gasteiger partial charge in [0.15, 0.2) is 0 Å². The van der Waals surface area contributed by atoms with Crippen molar-refractivity contribution in [1.29, 1.82) is 0 Å². The Balaban J connectivity index is 1.32. The fourth-order valence-electron chi connectivity index (χ4n) is 3.68. The first-order valence-electron chi connectivity index (χ1n) is 9.06. The van der Waals surface area contributed by atoms with E-state index < -0.39 is 0 Å². The van der Waals surface area contributed by atoms with Crippen molar-refractivity contribution in [1.82, 2.24) is 15.8 Å². The number of piperazine rings is 1. The minimum Gasteiger partial charge on any atom is -0.368 e. The Labute approximate surface area is 158 Å². The molecule has 4 rings (SSSR count). The number of carbonyl (C=O) groups is 1. The quantitative estimate of drug-likeness (QED) is 0.872. The molecule has 0 saturated carbocycles. The molecule has 2 fully saturated rings. The van der Waals surface area contributed by atoms with Crippen molar-refractivity contribution in [3.05, 3.63) is 65.2 Å². The van der Waals surface area contributed by atoms with Gasteiger partial charge in [-0.25, -0.2) is 10.9 Å². The standard InChI is InChI=1S/C20H23ClN4O/c21-16-6-8-17(9-7-16)24-10-12-25(13-11-24)20(26)19-14-18(22-23-19)15-4-2-1-3-5-15/h1-9,18-19,22-23H,10-14H2. The van der Waals surface area contributed by atoms with E-state index >= 15 is 0 Å². The molecule has 2 unspecified atom stereocenters. The Morgan fingerprint density at radius 3 is 2.31 bits per heavy atom. The third-order valence-electron chi connectivity index (χ3n) is 5.19. The average molecular weight is 371 g/mol. The van der Waals surface area contributed by atoms with Crippen molar-refractivity contribution < 1.29 is 4.79 Å². The Bertz CT molecular complexity index is 744. The van der Waals surface area contributed by atoms with Gasteiger partial charge in [0, 0.05) is 42.9 Å². The summed E-state index contributed by atoms with van der Waals surface area (Å²) in [6, 6.07) is 18.2. The van der Waals surface area contributed by atoms with Crippen LogP contribution in [0.3, 0.4) is 0 Å². The summed E-state index contributed by atoms with van der Waals surface area (Å²) in [7, 11) is 0. The van der Waals surface area contributed by atoms with E-state index in [-0.39, 0.29) is 18.0 Å². The fraction of sp³-hybridized carbons (Fsp3) is 0.350. The highest BCUT2D eigenvalue weighted by Crippen LogP contribution is 2.24. The molecule has 0 spiro atoms. The van der Waals surface area contributed by atoms with Gasteiger partial charge in [0.1, 0.15) is 6.04 Å². The van der Waals surface area contributed by atoms with Crippen LogP contribution in [0.25, 0.3) is 0 Å². The van der Waals surface area contributed by atoms with E-state index in [1.807, 2.05) is 47.4 Å². The third-order valence-corrected chi connectivity index (χ3v) is 5.44. The Morgan fingerprint density at radius 1 is 0.923 bits per heavy atom. The summed E-state index contributed by atoms with van der Waals surface area (Å²) in [6.45, 7) is 3.18. The zero-order valence-corrected chi connectivity index (χ0v) is 15.3. The molecule has 5 nitrogen and oxygen atoms in total. The lowest BCUT2D eigenvalue weighted by molar-refractivity contribution is -0.133. The summed E-state index contributed by atoms with van der Waals surface area (Å²) in [5.74, 6) is 0.187. The van der Waals surface area contributed by atoms with Gasteiger partial charge < -0.3 is 9.80 Å². The molecule has 6 heteroatoms. The number of nitrogens with one attached hydrogen (secondary N) is 2. The van der Waals surface area contributed by atoms with Gasteiger partial charge in [-0.15, -0.1) is 0 Å². The summed E-state index contributed by atoms with van der Waals surface area (Å²) in [5, 5.41) is 0.746. The summed E-state index contributed by atoms with van der Waals surface area (Å²) >= 11 is 5.96. The van der Waals surface area contributed by atoms with Crippen LogP contribution in [-0.4, -0.2) is 43.0 Å². The summed E-state index contributed by atoms with van der Waals surface area (Å²) in [6.07, 6.45) is 0.778. The molecular weight excluding hydrogens is 348 g/mol. The van der Waals surface area contributed by atoms with E-state index in [1.54, 1.807) is 0 Å². The highest BCUT2D eigenvalue weighted by atomic mass is 35.5. The maximum absolute atomic E-state index is 12.9. The average Bonchev–Trinajstić information content (AvgIpc) is 3.19. The molecule has 1 amide bonds. The van der Waals surface area contributed by atoms with Gasteiger partial charge in [0.2, 0.25) is 5.91 Å². The molecule has 0 bridgehead atoms. The van der Waals surface area contributed by atoms with Crippen LogP contribution in [0.2, 0.25) is 5.02 Å². The molecule has 2 heterocycles. The predicted octanol–water partition coefficient (Wildman–Crippen LogP) is 2.60. The largest absolute Gasteiger partial charge is 0.368 e. The SMILES string of the molecule is O=C(C1CC(c2ccccc2)NN1)N1CCN(c2ccc(Cl)cc2)CC1. The maximum atomic E-state index is 12.9. The van der Waals surface area contributed by atoms with E-state index in [2.05, 4.69) is 27.9 Å². The molecule has 2 N–H and O–H groups in total. The lowest BCUT2D eigenvalue weighted by atomic mass is 10.0. The van der Waals surface area contributed by atoms with Gasteiger partial charge in [-0.1, -0.05) is 41.9 Å². The second kappa shape index (κ2) is 7.66. The van der Waals surface area contributed by atoms with E-state index in [4.69, 9.17) is 11.6 Å². The molecule has 26 heavy (non-hydrogen) atoms. The van der Waals surface area contributed by atoms with E-state index in [1.165, 1.54) is 5.56 Å². The van der Waals surface area contributed by atoms with Gasteiger partial charge in [-0.2, -0.15) is 0 Å². The highest BCUT2D eigenvalue weighted by Gasteiger charge is 2.34. The molecule has 2 atom stereocenters. The topological polar surface area (TPSA) is 47.6 Å². The number of halogens is 1. The van der Waals surface area contributed by atoms with Crippen molar-refractivity contribution in [2.75, 3.05) is 31.1 Å².